The Hall–Kier alpha value is -2.82. The van der Waals surface area contributed by atoms with Gasteiger partial charge in [-0.1, -0.05) is 12.1 Å². The molecule has 0 saturated carbocycles. The van der Waals surface area contributed by atoms with E-state index in [4.69, 9.17) is 9.47 Å². The molecule has 1 atom stereocenters. The smallest absolute Gasteiger partial charge is 0.230 e. The number of hydrogen-bond donors (Lipinski definition) is 0. The van der Waals surface area contributed by atoms with Gasteiger partial charge in [0.1, 0.15) is 11.5 Å². The van der Waals surface area contributed by atoms with Gasteiger partial charge in [-0.15, -0.1) is 0 Å². The van der Waals surface area contributed by atoms with Crippen molar-refractivity contribution in [2.45, 2.75) is 12.5 Å². The van der Waals surface area contributed by atoms with Crippen molar-refractivity contribution in [3.05, 3.63) is 59.7 Å². The second-order valence-electron chi connectivity index (χ2n) is 5.26. The van der Waals surface area contributed by atoms with Crippen LogP contribution in [0.15, 0.2) is 53.6 Å². The minimum absolute atomic E-state index is 0.111. The molecule has 1 heterocycles. The summed E-state index contributed by atoms with van der Waals surface area (Å²) in [6.45, 7) is 0. The van der Waals surface area contributed by atoms with Gasteiger partial charge in [-0.3, -0.25) is 4.79 Å². The number of hydrazone groups is 1. The van der Waals surface area contributed by atoms with Crippen molar-refractivity contribution in [2.75, 3.05) is 14.2 Å². The van der Waals surface area contributed by atoms with Crippen LogP contribution in [0.4, 0.5) is 0 Å². The Morgan fingerprint density at radius 3 is 2.48 bits per heavy atom. The van der Waals surface area contributed by atoms with Crippen molar-refractivity contribution in [3.63, 3.8) is 0 Å². The number of hydrogen-bond acceptors (Lipinski definition) is 4. The van der Waals surface area contributed by atoms with E-state index in [1.54, 1.807) is 14.2 Å². The summed E-state index contributed by atoms with van der Waals surface area (Å²) in [6.07, 6.45) is 1.43. The second-order valence-corrected chi connectivity index (χ2v) is 5.26. The molecule has 2 aromatic rings. The monoisotopic (exact) mass is 310 g/mol. The van der Waals surface area contributed by atoms with Gasteiger partial charge in [0, 0.05) is 6.42 Å². The highest BCUT2D eigenvalue weighted by Crippen LogP contribution is 2.33. The summed E-state index contributed by atoms with van der Waals surface area (Å²) in [4.78, 5) is 11.4. The summed E-state index contributed by atoms with van der Waals surface area (Å²) in [7, 11) is 3.26. The number of rotatable bonds is 5. The maximum absolute atomic E-state index is 11.4. The maximum atomic E-state index is 11.4. The zero-order chi connectivity index (χ0) is 16.2. The first-order valence-electron chi connectivity index (χ1n) is 7.34. The van der Waals surface area contributed by atoms with E-state index in [-0.39, 0.29) is 6.04 Å². The SMILES string of the molecule is COc1ccc(C2=NN(C=O)C(c3cccc(OC)c3)C2)cc1. The van der Waals surface area contributed by atoms with E-state index in [0.29, 0.717) is 6.42 Å². The van der Waals surface area contributed by atoms with Crippen LogP contribution < -0.4 is 9.47 Å². The maximum Gasteiger partial charge on any atom is 0.230 e. The van der Waals surface area contributed by atoms with Gasteiger partial charge in [0.2, 0.25) is 6.41 Å². The van der Waals surface area contributed by atoms with Crippen LogP contribution >= 0.6 is 0 Å². The predicted octanol–water partition coefficient (Wildman–Crippen LogP) is 3.01. The Morgan fingerprint density at radius 2 is 1.83 bits per heavy atom. The van der Waals surface area contributed by atoms with Crippen LogP contribution in [0.2, 0.25) is 0 Å². The zero-order valence-corrected chi connectivity index (χ0v) is 13.1. The van der Waals surface area contributed by atoms with Gasteiger partial charge in [0.05, 0.1) is 26.0 Å². The Kier molecular flexibility index (Phi) is 4.28. The number of ether oxygens (including phenoxy) is 2. The minimum atomic E-state index is -0.111. The lowest BCUT2D eigenvalue weighted by Crippen LogP contribution is -2.17. The third kappa shape index (κ3) is 3.04. The minimum Gasteiger partial charge on any atom is -0.497 e. The predicted molar refractivity (Wildman–Crippen MR) is 87.8 cm³/mol. The van der Waals surface area contributed by atoms with Crippen molar-refractivity contribution in [1.29, 1.82) is 0 Å². The molecular formula is C18H18N2O3. The molecule has 118 valence electrons. The number of benzene rings is 2. The van der Waals surface area contributed by atoms with Gasteiger partial charge in [0.25, 0.3) is 0 Å². The molecule has 5 nitrogen and oxygen atoms in total. The molecule has 0 bridgehead atoms. The lowest BCUT2D eigenvalue weighted by atomic mass is 9.98. The van der Waals surface area contributed by atoms with E-state index in [1.165, 1.54) is 5.01 Å². The fourth-order valence-electron chi connectivity index (χ4n) is 2.70. The first-order chi connectivity index (χ1) is 11.2. The number of amides is 1. The van der Waals surface area contributed by atoms with E-state index in [1.807, 2.05) is 48.5 Å². The molecule has 0 spiro atoms. The lowest BCUT2D eigenvalue weighted by Gasteiger charge is -2.17. The highest BCUT2D eigenvalue weighted by Gasteiger charge is 2.28. The van der Waals surface area contributed by atoms with Crippen molar-refractivity contribution < 1.29 is 14.3 Å². The summed E-state index contributed by atoms with van der Waals surface area (Å²) < 4.78 is 10.4. The summed E-state index contributed by atoms with van der Waals surface area (Å²) in [5.74, 6) is 1.56. The Labute approximate surface area is 135 Å². The molecule has 1 amide bonds. The fraction of sp³-hybridized carbons (Fsp3) is 0.222. The van der Waals surface area contributed by atoms with Crippen molar-refractivity contribution >= 4 is 12.1 Å². The first kappa shape index (κ1) is 15.1. The molecule has 0 N–H and O–H groups in total. The molecule has 2 aromatic carbocycles. The van der Waals surface area contributed by atoms with Crippen LogP contribution in [0, 0.1) is 0 Å². The van der Waals surface area contributed by atoms with Gasteiger partial charge in [-0.25, -0.2) is 5.01 Å². The number of carbonyl (C=O) groups is 1. The average Bonchev–Trinajstić information content (AvgIpc) is 3.06. The topological polar surface area (TPSA) is 51.1 Å². The van der Waals surface area contributed by atoms with Crippen molar-refractivity contribution in [3.8, 4) is 11.5 Å². The first-order valence-corrected chi connectivity index (χ1v) is 7.34. The van der Waals surface area contributed by atoms with Crippen LogP contribution in [-0.2, 0) is 4.79 Å². The van der Waals surface area contributed by atoms with Crippen LogP contribution in [0.3, 0.4) is 0 Å². The molecular weight excluding hydrogens is 292 g/mol. The van der Waals surface area contributed by atoms with Gasteiger partial charge < -0.3 is 9.47 Å². The van der Waals surface area contributed by atoms with E-state index >= 15 is 0 Å². The van der Waals surface area contributed by atoms with Crippen LogP contribution in [0.25, 0.3) is 0 Å². The van der Waals surface area contributed by atoms with Gasteiger partial charge >= 0.3 is 0 Å². The molecule has 0 radical (unpaired) electrons. The normalized spacial score (nSPS) is 16.9. The Balaban J connectivity index is 1.86. The lowest BCUT2D eigenvalue weighted by molar-refractivity contribution is -0.119. The summed E-state index contributed by atoms with van der Waals surface area (Å²) in [5, 5.41) is 5.91. The molecule has 1 unspecified atom stereocenters. The molecule has 0 saturated heterocycles. The van der Waals surface area contributed by atoms with Gasteiger partial charge in [-0.2, -0.15) is 5.10 Å². The second kappa shape index (κ2) is 6.52. The third-order valence-corrected chi connectivity index (χ3v) is 3.95. The molecule has 1 aliphatic heterocycles. The fourth-order valence-corrected chi connectivity index (χ4v) is 2.70. The van der Waals surface area contributed by atoms with E-state index < -0.39 is 0 Å². The van der Waals surface area contributed by atoms with E-state index in [2.05, 4.69) is 5.10 Å². The Morgan fingerprint density at radius 1 is 1.09 bits per heavy atom. The van der Waals surface area contributed by atoms with Gasteiger partial charge in [-0.05, 0) is 47.5 Å². The highest BCUT2D eigenvalue weighted by molar-refractivity contribution is 6.02. The average molecular weight is 310 g/mol. The summed E-state index contributed by atoms with van der Waals surface area (Å²) in [5.41, 5.74) is 2.87. The molecule has 23 heavy (non-hydrogen) atoms. The zero-order valence-electron chi connectivity index (χ0n) is 13.1. The molecule has 5 heteroatoms. The quantitative estimate of drug-likeness (QED) is 0.798. The summed E-state index contributed by atoms with van der Waals surface area (Å²) >= 11 is 0. The van der Waals surface area contributed by atoms with Crippen molar-refractivity contribution in [1.82, 2.24) is 5.01 Å². The molecule has 1 aliphatic rings. The Bertz CT molecular complexity index is 725. The van der Waals surface area contributed by atoms with Gasteiger partial charge in [0.15, 0.2) is 0 Å². The standard InChI is InChI=1S/C18H18N2O3/c1-22-15-8-6-13(7-9-15)17-11-18(20(12-21)19-17)14-4-3-5-16(10-14)23-2/h3-10,12,18H,11H2,1-2H3. The molecule has 0 aliphatic carbocycles. The van der Waals surface area contributed by atoms with E-state index in [0.717, 1.165) is 34.7 Å². The number of nitrogens with zero attached hydrogens (tertiary/aromatic N) is 2. The molecule has 0 aromatic heterocycles. The van der Waals surface area contributed by atoms with E-state index in [9.17, 15) is 4.79 Å². The van der Waals surface area contributed by atoms with Crippen LogP contribution in [-0.4, -0.2) is 31.4 Å². The largest absolute Gasteiger partial charge is 0.497 e. The van der Waals surface area contributed by atoms with Crippen LogP contribution in [0.1, 0.15) is 23.6 Å². The number of carbonyl (C=O) groups excluding carboxylic acids is 1. The summed E-state index contributed by atoms with van der Waals surface area (Å²) in [6, 6.07) is 15.3. The molecule has 3 rings (SSSR count). The van der Waals surface area contributed by atoms with Crippen LogP contribution in [0.5, 0.6) is 11.5 Å². The number of methoxy groups -OCH3 is 2. The molecule has 0 fully saturated rings. The highest BCUT2D eigenvalue weighted by atomic mass is 16.5. The van der Waals surface area contributed by atoms with Crippen molar-refractivity contribution in [2.24, 2.45) is 5.10 Å². The third-order valence-electron chi connectivity index (χ3n) is 3.95.